The summed E-state index contributed by atoms with van der Waals surface area (Å²) in [4.78, 5) is 9.02. The summed E-state index contributed by atoms with van der Waals surface area (Å²) in [7, 11) is 0. The van der Waals surface area contributed by atoms with Gasteiger partial charge in [0.25, 0.3) is 0 Å². The Kier molecular flexibility index (Phi) is 3.85. The number of hydrogen-bond donors (Lipinski definition) is 4. The van der Waals surface area contributed by atoms with Crippen molar-refractivity contribution in [3.05, 3.63) is 36.0 Å². The van der Waals surface area contributed by atoms with E-state index in [0.717, 1.165) is 35.0 Å². The summed E-state index contributed by atoms with van der Waals surface area (Å²) in [6, 6.07) is 7.85. The lowest BCUT2D eigenvalue weighted by atomic mass is 10.1. The van der Waals surface area contributed by atoms with Crippen LogP contribution in [0.15, 0.2) is 35.5 Å². The molecule has 1 aliphatic rings. The van der Waals surface area contributed by atoms with E-state index in [1.807, 2.05) is 24.3 Å². The SMILES string of the molecule is Nc1nc2cc(-c3ccn[nH]3)ccc2c(N)c1C=NC1CCC(O)C1. The molecule has 0 radical (unpaired) electrons. The lowest BCUT2D eigenvalue weighted by Gasteiger charge is -2.10. The topological polar surface area (TPSA) is 126 Å². The second kappa shape index (κ2) is 6.18. The number of benzene rings is 1. The number of nitrogens with two attached hydrogens (primary N) is 2. The Balaban J connectivity index is 1.71. The number of rotatable bonds is 3. The van der Waals surface area contributed by atoms with Gasteiger partial charge < -0.3 is 16.6 Å². The van der Waals surface area contributed by atoms with E-state index in [2.05, 4.69) is 20.2 Å². The number of fused-ring (bicyclic) bond motifs is 1. The fourth-order valence-corrected chi connectivity index (χ4v) is 3.29. The van der Waals surface area contributed by atoms with E-state index in [9.17, 15) is 5.11 Å². The number of pyridine rings is 1. The number of aliphatic imine (C=N–C) groups is 1. The van der Waals surface area contributed by atoms with Crippen LogP contribution in [0.25, 0.3) is 22.2 Å². The molecule has 0 amide bonds. The van der Waals surface area contributed by atoms with Gasteiger partial charge in [-0.25, -0.2) is 4.98 Å². The zero-order valence-corrected chi connectivity index (χ0v) is 13.7. The summed E-state index contributed by atoms with van der Waals surface area (Å²) >= 11 is 0. The molecule has 6 N–H and O–H groups in total. The molecular formula is C18H20N6O. The van der Waals surface area contributed by atoms with Crippen LogP contribution in [0, 0.1) is 0 Å². The maximum absolute atomic E-state index is 9.61. The largest absolute Gasteiger partial charge is 0.398 e. The van der Waals surface area contributed by atoms with Crippen molar-refractivity contribution < 1.29 is 5.11 Å². The molecule has 7 heteroatoms. The molecule has 2 heterocycles. The average molecular weight is 336 g/mol. The minimum atomic E-state index is -0.257. The first-order chi connectivity index (χ1) is 12.1. The second-order valence-corrected chi connectivity index (χ2v) is 6.43. The molecule has 25 heavy (non-hydrogen) atoms. The Hall–Kier alpha value is -2.93. The van der Waals surface area contributed by atoms with Crippen LogP contribution in [-0.2, 0) is 0 Å². The number of aromatic nitrogens is 3. The van der Waals surface area contributed by atoms with Gasteiger partial charge in [-0.1, -0.05) is 12.1 Å². The Labute approximate surface area is 144 Å². The second-order valence-electron chi connectivity index (χ2n) is 6.43. The first-order valence-electron chi connectivity index (χ1n) is 8.31. The summed E-state index contributed by atoms with van der Waals surface area (Å²) in [6.07, 6.45) is 5.50. The van der Waals surface area contributed by atoms with Crippen LogP contribution in [-0.4, -0.2) is 38.6 Å². The van der Waals surface area contributed by atoms with Crippen molar-refractivity contribution in [1.29, 1.82) is 0 Å². The third kappa shape index (κ3) is 2.94. The van der Waals surface area contributed by atoms with Gasteiger partial charge in [-0.05, 0) is 31.4 Å². The van der Waals surface area contributed by atoms with Crippen molar-refractivity contribution >= 4 is 28.6 Å². The summed E-state index contributed by atoms with van der Waals surface area (Å²) in [5, 5.41) is 17.3. The van der Waals surface area contributed by atoms with E-state index in [1.165, 1.54) is 0 Å². The van der Waals surface area contributed by atoms with Crippen LogP contribution < -0.4 is 11.5 Å². The van der Waals surface area contributed by atoms with E-state index >= 15 is 0 Å². The molecule has 128 valence electrons. The third-order valence-corrected chi connectivity index (χ3v) is 4.70. The van der Waals surface area contributed by atoms with Crippen LogP contribution in [0.5, 0.6) is 0 Å². The normalized spacial score (nSPS) is 20.7. The van der Waals surface area contributed by atoms with Crippen LogP contribution in [0.2, 0.25) is 0 Å². The van der Waals surface area contributed by atoms with Crippen molar-refractivity contribution in [2.45, 2.75) is 31.4 Å². The predicted molar refractivity (Wildman–Crippen MR) is 99.4 cm³/mol. The number of nitrogens with one attached hydrogen (secondary N) is 1. The van der Waals surface area contributed by atoms with E-state index in [-0.39, 0.29) is 12.1 Å². The minimum Gasteiger partial charge on any atom is -0.398 e. The molecule has 0 aliphatic heterocycles. The van der Waals surface area contributed by atoms with Gasteiger partial charge in [0, 0.05) is 23.4 Å². The number of hydrogen-bond acceptors (Lipinski definition) is 6. The summed E-state index contributed by atoms with van der Waals surface area (Å²) in [5.74, 6) is 0.356. The highest BCUT2D eigenvalue weighted by Crippen LogP contribution is 2.30. The van der Waals surface area contributed by atoms with Gasteiger partial charge in [0.05, 0.1) is 34.6 Å². The van der Waals surface area contributed by atoms with E-state index in [4.69, 9.17) is 11.5 Å². The smallest absolute Gasteiger partial charge is 0.135 e. The van der Waals surface area contributed by atoms with Crippen molar-refractivity contribution in [2.75, 3.05) is 11.5 Å². The minimum absolute atomic E-state index is 0.118. The fraction of sp³-hybridized carbons (Fsp3) is 0.278. The quantitative estimate of drug-likeness (QED) is 0.545. The highest BCUT2D eigenvalue weighted by Gasteiger charge is 2.21. The molecule has 0 saturated heterocycles. The Bertz CT molecular complexity index is 934. The van der Waals surface area contributed by atoms with E-state index < -0.39 is 0 Å². The first kappa shape index (κ1) is 15.6. The Morgan fingerprint density at radius 2 is 2.12 bits per heavy atom. The molecule has 0 bridgehead atoms. The standard InChI is InChI=1S/C18H20N6O/c19-17-13-4-1-10(15-5-6-22-24-15)7-16(13)23-18(20)14(17)9-21-11-2-3-12(25)8-11/h1,4-7,9,11-12,25H,2-3,8H2,(H,22,24)(H4,19,20,23). The lowest BCUT2D eigenvalue weighted by Crippen LogP contribution is -2.06. The number of H-pyrrole nitrogens is 1. The van der Waals surface area contributed by atoms with Gasteiger partial charge in [-0.15, -0.1) is 0 Å². The lowest BCUT2D eigenvalue weighted by molar-refractivity contribution is 0.181. The Morgan fingerprint density at radius 1 is 1.24 bits per heavy atom. The molecule has 4 rings (SSSR count). The van der Waals surface area contributed by atoms with Crippen molar-refractivity contribution in [1.82, 2.24) is 15.2 Å². The summed E-state index contributed by atoms with van der Waals surface area (Å²) < 4.78 is 0. The highest BCUT2D eigenvalue weighted by molar-refractivity contribution is 6.05. The summed E-state index contributed by atoms with van der Waals surface area (Å²) in [5.41, 5.74) is 16.3. The molecule has 1 saturated carbocycles. The fourth-order valence-electron chi connectivity index (χ4n) is 3.29. The molecule has 1 aliphatic carbocycles. The van der Waals surface area contributed by atoms with Crippen LogP contribution in [0.4, 0.5) is 11.5 Å². The van der Waals surface area contributed by atoms with Crippen molar-refractivity contribution in [3.63, 3.8) is 0 Å². The zero-order chi connectivity index (χ0) is 17.4. The number of anilines is 2. The highest BCUT2D eigenvalue weighted by atomic mass is 16.3. The predicted octanol–water partition coefficient (Wildman–Crippen LogP) is 2.12. The molecular weight excluding hydrogens is 316 g/mol. The molecule has 0 spiro atoms. The molecule has 2 aromatic heterocycles. The van der Waals surface area contributed by atoms with Gasteiger partial charge in [-0.3, -0.25) is 10.1 Å². The number of nitrogens with zero attached hydrogens (tertiary/aromatic N) is 3. The maximum Gasteiger partial charge on any atom is 0.135 e. The summed E-state index contributed by atoms with van der Waals surface area (Å²) in [6.45, 7) is 0. The zero-order valence-electron chi connectivity index (χ0n) is 13.7. The average Bonchev–Trinajstić information content (AvgIpc) is 3.26. The molecule has 1 aromatic carbocycles. The van der Waals surface area contributed by atoms with Gasteiger partial charge in [0.15, 0.2) is 0 Å². The molecule has 3 aromatic rings. The number of aliphatic hydroxyl groups is 1. The Morgan fingerprint density at radius 3 is 2.84 bits per heavy atom. The van der Waals surface area contributed by atoms with Crippen LogP contribution >= 0.6 is 0 Å². The van der Waals surface area contributed by atoms with E-state index in [1.54, 1.807) is 12.4 Å². The van der Waals surface area contributed by atoms with Crippen LogP contribution in [0.1, 0.15) is 24.8 Å². The van der Waals surface area contributed by atoms with Crippen molar-refractivity contribution in [2.24, 2.45) is 4.99 Å². The van der Waals surface area contributed by atoms with Gasteiger partial charge in [0.1, 0.15) is 5.82 Å². The van der Waals surface area contributed by atoms with Crippen LogP contribution in [0.3, 0.4) is 0 Å². The molecule has 7 nitrogen and oxygen atoms in total. The van der Waals surface area contributed by atoms with Crippen molar-refractivity contribution in [3.8, 4) is 11.3 Å². The molecule has 1 fully saturated rings. The monoisotopic (exact) mass is 336 g/mol. The first-order valence-corrected chi connectivity index (χ1v) is 8.31. The van der Waals surface area contributed by atoms with Gasteiger partial charge in [0.2, 0.25) is 0 Å². The number of nitrogen functional groups attached to an aromatic ring is 2. The molecule has 2 unspecified atom stereocenters. The maximum atomic E-state index is 9.61. The van der Waals surface area contributed by atoms with Gasteiger partial charge in [-0.2, -0.15) is 5.10 Å². The number of aliphatic hydroxyl groups excluding tert-OH is 1. The van der Waals surface area contributed by atoms with Gasteiger partial charge >= 0.3 is 0 Å². The molecule has 2 atom stereocenters. The number of aromatic amines is 1. The van der Waals surface area contributed by atoms with E-state index in [0.29, 0.717) is 23.5 Å². The third-order valence-electron chi connectivity index (χ3n) is 4.70.